The Hall–Kier alpha value is -1.06. The van der Waals surface area contributed by atoms with Crippen molar-refractivity contribution in [3.05, 3.63) is 34.3 Å². The van der Waals surface area contributed by atoms with E-state index < -0.39 is 0 Å². The highest BCUT2D eigenvalue weighted by molar-refractivity contribution is 6.30. The molecule has 1 aromatic carbocycles. The molecule has 3 nitrogen and oxygen atoms in total. The Morgan fingerprint density at radius 3 is 3.11 bits per heavy atom. The minimum atomic E-state index is 0.0591. The van der Waals surface area contributed by atoms with E-state index >= 15 is 0 Å². The Morgan fingerprint density at radius 1 is 1.32 bits per heavy atom. The summed E-state index contributed by atoms with van der Waals surface area (Å²) in [6.45, 7) is 0.839. The fraction of sp³-hybridized carbons (Fsp3) is 0.533. The van der Waals surface area contributed by atoms with Gasteiger partial charge in [-0.1, -0.05) is 17.7 Å². The lowest BCUT2D eigenvalue weighted by Gasteiger charge is -2.50. The Kier molecular flexibility index (Phi) is 2.61. The van der Waals surface area contributed by atoms with Crippen LogP contribution >= 0.6 is 11.6 Å². The topological polar surface area (TPSA) is 32.3 Å². The summed E-state index contributed by atoms with van der Waals surface area (Å²) >= 11 is 6.09. The van der Waals surface area contributed by atoms with Crippen LogP contribution in [0.15, 0.2) is 18.2 Å². The first kappa shape index (κ1) is 11.7. The summed E-state index contributed by atoms with van der Waals surface area (Å²) < 4.78 is 0. The fourth-order valence-electron chi connectivity index (χ4n) is 3.92. The van der Waals surface area contributed by atoms with E-state index in [4.69, 9.17) is 11.6 Å². The average Bonchev–Trinajstić information content (AvgIpc) is 2.44. The molecular weight excluding hydrogens is 260 g/mol. The van der Waals surface area contributed by atoms with Gasteiger partial charge in [-0.3, -0.25) is 4.79 Å². The first-order chi connectivity index (χ1) is 9.24. The molecule has 1 amide bonds. The molecule has 100 valence electrons. The SMILES string of the molecule is O=C1[C@@H]2CCC[C@@H](N2)C2c3ccc(Cl)cc3CCN12. The number of fused-ring (bicyclic) bond motifs is 6. The molecular formula is C15H17ClN2O. The number of carbonyl (C=O) groups is 1. The van der Waals surface area contributed by atoms with Gasteiger partial charge in [-0.2, -0.15) is 0 Å². The molecule has 0 saturated carbocycles. The third-order valence-electron chi connectivity index (χ3n) is 4.77. The second-order valence-electron chi connectivity index (χ2n) is 5.83. The number of piperazine rings is 1. The van der Waals surface area contributed by atoms with Gasteiger partial charge in [0.1, 0.15) is 0 Å². The molecule has 2 fully saturated rings. The van der Waals surface area contributed by atoms with Crippen molar-refractivity contribution < 1.29 is 4.79 Å². The van der Waals surface area contributed by atoms with E-state index in [1.54, 1.807) is 0 Å². The predicted octanol–water partition coefficient (Wildman–Crippen LogP) is 2.29. The number of carbonyl (C=O) groups excluding carboxylic acids is 1. The molecule has 3 aliphatic heterocycles. The maximum atomic E-state index is 12.5. The maximum Gasteiger partial charge on any atom is 0.240 e. The Morgan fingerprint density at radius 2 is 2.21 bits per heavy atom. The van der Waals surface area contributed by atoms with Crippen LogP contribution < -0.4 is 5.32 Å². The van der Waals surface area contributed by atoms with Gasteiger partial charge in [0, 0.05) is 17.6 Å². The number of rotatable bonds is 0. The largest absolute Gasteiger partial charge is 0.332 e. The summed E-state index contributed by atoms with van der Waals surface area (Å²) in [5.41, 5.74) is 2.61. The number of piperidine rings is 1. The van der Waals surface area contributed by atoms with E-state index in [-0.39, 0.29) is 12.1 Å². The molecule has 1 unspecified atom stereocenters. The van der Waals surface area contributed by atoms with Gasteiger partial charge in [0.05, 0.1) is 12.1 Å². The number of hydrogen-bond donors (Lipinski definition) is 1. The highest BCUT2D eigenvalue weighted by Gasteiger charge is 2.45. The first-order valence-electron chi connectivity index (χ1n) is 7.09. The van der Waals surface area contributed by atoms with Gasteiger partial charge in [-0.15, -0.1) is 0 Å². The van der Waals surface area contributed by atoms with Crippen molar-refractivity contribution in [2.45, 2.75) is 43.8 Å². The molecule has 4 rings (SSSR count). The molecule has 4 heteroatoms. The first-order valence-corrected chi connectivity index (χ1v) is 7.47. The molecule has 3 aliphatic rings. The van der Waals surface area contributed by atoms with Crippen LogP contribution in [0.3, 0.4) is 0 Å². The number of nitrogens with one attached hydrogen (secondary N) is 1. The van der Waals surface area contributed by atoms with Gasteiger partial charge < -0.3 is 10.2 Å². The van der Waals surface area contributed by atoms with E-state index in [2.05, 4.69) is 22.3 Å². The van der Waals surface area contributed by atoms with E-state index in [0.717, 1.165) is 37.3 Å². The lowest BCUT2D eigenvalue weighted by molar-refractivity contribution is -0.143. The third-order valence-corrected chi connectivity index (χ3v) is 5.00. The third kappa shape index (κ3) is 1.72. The van der Waals surface area contributed by atoms with Crippen molar-refractivity contribution in [2.75, 3.05) is 6.54 Å². The number of hydrogen-bond acceptors (Lipinski definition) is 2. The molecule has 0 aromatic heterocycles. The van der Waals surface area contributed by atoms with Crippen molar-refractivity contribution in [2.24, 2.45) is 0 Å². The van der Waals surface area contributed by atoms with Crippen molar-refractivity contribution in [1.29, 1.82) is 0 Å². The number of nitrogens with zero attached hydrogens (tertiary/aromatic N) is 1. The zero-order chi connectivity index (χ0) is 13.0. The van der Waals surface area contributed by atoms with Crippen LogP contribution in [0.5, 0.6) is 0 Å². The van der Waals surface area contributed by atoms with Crippen molar-refractivity contribution in [3.63, 3.8) is 0 Å². The summed E-state index contributed by atoms with van der Waals surface area (Å²) in [7, 11) is 0. The van der Waals surface area contributed by atoms with Gasteiger partial charge in [0.2, 0.25) is 5.91 Å². The molecule has 1 N–H and O–H groups in total. The van der Waals surface area contributed by atoms with E-state index in [9.17, 15) is 4.79 Å². The summed E-state index contributed by atoms with van der Waals surface area (Å²) in [6, 6.07) is 6.81. The van der Waals surface area contributed by atoms with Crippen molar-refractivity contribution in [1.82, 2.24) is 10.2 Å². The summed E-state index contributed by atoms with van der Waals surface area (Å²) in [4.78, 5) is 14.6. The van der Waals surface area contributed by atoms with Gasteiger partial charge in [0.25, 0.3) is 0 Å². The molecule has 19 heavy (non-hydrogen) atoms. The van der Waals surface area contributed by atoms with Crippen molar-refractivity contribution >= 4 is 17.5 Å². The smallest absolute Gasteiger partial charge is 0.240 e. The molecule has 0 radical (unpaired) electrons. The molecule has 1 aromatic rings. The fourth-order valence-corrected chi connectivity index (χ4v) is 4.11. The molecule has 3 heterocycles. The molecule has 2 bridgehead atoms. The minimum absolute atomic E-state index is 0.0591. The van der Waals surface area contributed by atoms with Gasteiger partial charge in [-0.05, 0) is 48.9 Å². The zero-order valence-electron chi connectivity index (χ0n) is 10.7. The lowest BCUT2D eigenvalue weighted by Crippen LogP contribution is -2.64. The Bertz CT molecular complexity index is 545. The summed E-state index contributed by atoms with van der Waals surface area (Å²) in [5.74, 6) is 0.293. The zero-order valence-corrected chi connectivity index (χ0v) is 11.5. The van der Waals surface area contributed by atoms with E-state index in [1.807, 2.05) is 6.07 Å². The van der Waals surface area contributed by atoms with Gasteiger partial charge >= 0.3 is 0 Å². The van der Waals surface area contributed by atoms with Crippen LogP contribution in [0.25, 0.3) is 0 Å². The normalized spacial score (nSPS) is 32.8. The van der Waals surface area contributed by atoms with Gasteiger partial charge in [0.15, 0.2) is 0 Å². The molecule has 0 aliphatic carbocycles. The second-order valence-corrected chi connectivity index (χ2v) is 6.26. The molecule has 3 atom stereocenters. The lowest BCUT2D eigenvalue weighted by atomic mass is 9.80. The number of amides is 1. The molecule has 2 saturated heterocycles. The minimum Gasteiger partial charge on any atom is -0.332 e. The number of benzene rings is 1. The highest BCUT2D eigenvalue weighted by Crippen LogP contribution is 2.40. The van der Waals surface area contributed by atoms with Crippen LogP contribution in [-0.4, -0.2) is 29.4 Å². The van der Waals surface area contributed by atoms with Crippen LogP contribution in [0, 0.1) is 0 Å². The monoisotopic (exact) mass is 276 g/mol. The standard InChI is InChI=1S/C15H17ClN2O/c16-10-4-5-11-9(8-10)6-7-18-14(11)12-2-1-3-13(17-12)15(18)19/h4-5,8,12-14,17H,1-3,6-7H2/t12-,13+,14?/m1/s1. The predicted molar refractivity (Wildman–Crippen MR) is 74.2 cm³/mol. The van der Waals surface area contributed by atoms with Crippen LogP contribution in [0.4, 0.5) is 0 Å². The van der Waals surface area contributed by atoms with Gasteiger partial charge in [-0.25, -0.2) is 0 Å². The van der Waals surface area contributed by atoms with Crippen LogP contribution in [0.2, 0.25) is 5.02 Å². The highest BCUT2D eigenvalue weighted by atomic mass is 35.5. The van der Waals surface area contributed by atoms with Crippen LogP contribution in [-0.2, 0) is 11.2 Å². The van der Waals surface area contributed by atoms with Crippen LogP contribution in [0.1, 0.15) is 36.4 Å². The quantitative estimate of drug-likeness (QED) is 0.789. The Labute approximate surface area is 117 Å². The summed E-state index contributed by atoms with van der Waals surface area (Å²) in [6.07, 6.45) is 4.23. The second kappa shape index (κ2) is 4.22. The summed E-state index contributed by atoms with van der Waals surface area (Å²) in [5, 5.41) is 4.33. The van der Waals surface area contributed by atoms with E-state index in [0.29, 0.717) is 11.9 Å². The Balaban J connectivity index is 1.79. The maximum absolute atomic E-state index is 12.5. The average molecular weight is 277 g/mol. The van der Waals surface area contributed by atoms with E-state index in [1.165, 1.54) is 11.1 Å². The van der Waals surface area contributed by atoms with Crippen molar-refractivity contribution in [3.8, 4) is 0 Å². The molecule has 0 spiro atoms. The number of halogens is 1.